The molecule has 0 aliphatic rings. The van der Waals surface area contributed by atoms with Crippen LogP contribution in [0.4, 0.5) is 5.69 Å². The molecule has 0 spiro atoms. The van der Waals surface area contributed by atoms with E-state index in [0.717, 1.165) is 0 Å². The number of benzene rings is 1. The first kappa shape index (κ1) is 9.45. The topological polar surface area (TPSA) is 47.3 Å². The SMILES string of the molecule is COc1cc(Cl)c(NN)cc1Cl. The standard InChI is InChI=1S/C7H8Cl2N2O/c1-12-7-3-4(8)6(11-10)2-5(7)9/h2-3,11H,10H2,1H3. The Morgan fingerprint density at radius 3 is 2.50 bits per heavy atom. The van der Waals surface area contributed by atoms with Crippen LogP contribution in [0.25, 0.3) is 0 Å². The van der Waals surface area contributed by atoms with Crippen molar-refractivity contribution in [3.8, 4) is 5.75 Å². The Morgan fingerprint density at radius 1 is 1.33 bits per heavy atom. The summed E-state index contributed by atoms with van der Waals surface area (Å²) < 4.78 is 4.94. The number of ether oxygens (including phenoxy) is 1. The Bertz CT molecular complexity index is 261. The van der Waals surface area contributed by atoms with Gasteiger partial charge in [0.1, 0.15) is 5.75 Å². The van der Waals surface area contributed by atoms with E-state index >= 15 is 0 Å². The number of nitrogens with one attached hydrogen (secondary N) is 1. The Labute approximate surface area is 80.4 Å². The molecule has 0 amide bonds. The number of hydrogen-bond acceptors (Lipinski definition) is 3. The van der Waals surface area contributed by atoms with Crippen LogP contribution in [-0.2, 0) is 0 Å². The van der Waals surface area contributed by atoms with Gasteiger partial charge in [0, 0.05) is 6.07 Å². The maximum Gasteiger partial charge on any atom is 0.139 e. The van der Waals surface area contributed by atoms with Gasteiger partial charge in [-0.2, -0.15) is 0 Å². The Kier molecular flexibility index (Phi) is 3.03. The zero-order valence-corrected chi connectivity index (χ0v) is 7.91. The van der Waals surface area contributed by atoms with Gasteiger partial charge in [-0.1, -0.05) is 23.2 Å². The minimum atomic E-state index is 0.467. The quantitative estimate of drug-likeness (QED) is 0.577. The van der Waals surface area contributed by atoms with E-state index in [9.17, 15) is 0 Å². The highest BCUT2D eigenvalue weighted by molar-refractivity contribution is 6.36. The molecule has 0 saturated carbocycles. The highest BCUT2D eigenvalue weighted by Gasteiger charge is 2.05. The van der Waals surface area contributed by atoms with E-state index < -0.39 is 0 Å². The molecule has 0 saturated heterocycles. The first-order chi connectivity index (χ1) is 5.69. The summed E-state index contributed by atoms with van der Waals surface area (Å²) in [6.45, 7) is 0. The molecule has 0 aromatic heterocycles. The Hall–Kier alpha value is -0.640. The second-order valence-electron chi connectivity index (χ2n) is 2.11. The van der Waals surface area contributed by atoms with Crippen LogP contribution in [0.15, 0.2) is 12.1 Å². The monoisotopic (exact) mass is 206 g/mol. The molecule has 1 aromatic carbocycles. The summed E-state index contributed by atoms with van der Waals surface area (Å²) in [6.07, 6.45) is 0. The fraction of sp³-hybridized carbons (Fsp3) is 0.143. The molecule has 0 fully saturated rings. The van der Waals surface area contributed by atoms with Crippen LogP contribution in [0, 0.1) is 0 Å². The summed E-state index contributed by atoms with van der Waals surface area (Å²) in [6, 6.07) is 3.20. The van der Waals surface area contributed by atoms with Crippen LogP contribution in [0.5, 0.6) is 5.75 Å². The lowest BCUT2D eigenvalue weighted by atomic mass is 10.3. The van der Waals surface area contributed by atoms with Crippen molar-refractivity contribution in [1.82, 2.24) is 0 Å². The molecular formula is C7H8Cl2N2O. The molecule has 5 heteroatoms. The van der Waals surface area contributed by atoms with Crippen LogP contribution in [0.2, 0.25) is 10.0 Å². The molecule has 0 atom stereocenters. The van der Waals surface area contributed by atoms with Gasteiger partial charge < -0.3 is 10.2 Å². The summed E-state index contributed by atoms with van der Waals surface area (Å²) in [7, 11) is 1.52. The molecule has 1 rings (SSSR count). The third-order valence-electron chi connectivity index (χ3n) is 1.40. The van der Waals surface area contributed by atoms with Gasteiger partial charge in [-0.3, -0.25) is 5.84 Å². The number of rotatable bonds is 2. The molecule has 0 heterocycles. The molecule has 12 heavy (non-hydrogen) atoms. The molecule has 0 unspecified atom stereocenters. The highest BCUT2D eigenvalue weighted by Crippen LogP contribution is 2.33. The van der Waals surface area contributed by atoms with Crippen molar-refractivity contribution in [2.75, 3.05) is 12.5 Å². The minimum Gasteiger partial charge on any atom is -0.495 e. The second-order valence-corrected chi connectivity index (χ2v) is 2.93. The zero-order chi connectivity index (χ0) is 9.14. The number of halogens is 2. The highest BCUT2D eigenvalue weighted by atomic mass is 35.5. The van der Waals surface area contributed by atoms with Crippen molar-refractivity contribution in [1.29, 1.82) is 0 Å². The zero-order valence-electron chi connectivity index (χ0n) is 6.40. The largest absolute Gasteiger partial charge is 0.495 e. The van der Waals surface area contributed by atoms with E-state index in [1.54, 1.807) is 12.1 Å². The van der Waals surface area contributed by atoms with E-state index in [-0.39, 0.29) is 0 Å². The maximum atomic E-state index is 5.80. The lowest BCUT2D eigenvalue weighted by Gasteiger charge is -2.07. The number of hydrogen-bond donors (Lipinski definition) is 2. The molecule has 66 valence electrons. The minimum absolute atomic E-state index is 0.467. The third-order valence-corrected chi connectivity index (χ3v) is 2.01. The van der Waals surface area contributed by atoms with Crippen LogP contribution in [-0.4, -0.2) is 7.11 Å². The Balaban J connectivity index is 3.16. The summed E-state index contributed by atoms with van der Waals surface area (Å²) >= 11 is 11.6. The van der Waals surface area contributed by atoms with Gasteiger partial charge in [0.05, 0.1) is 22.8 Å². The summed E-state index contributed by atoms with van der Waals surface area (Å²) in [5, 5.41) is 0.939. The number of nitrogens with two attached hydrogens (primary N) is 1. The number of anilines is 1. The number of hydrazine groups is 1. The van der Waals surface area contributed by atoms with Gasteiger partial charge in [0.2, 0.25) is 0 Å². The van der Waals surface area contributed by atoms with Crippen LogP contribution in [0.1, 0.15) is 0 Å². The normalized spacial score (nSPS) is 9.67. The third kappa shape index (κ3) is 1.75. The molecule has 0 aliphatic carbocycles. The van der Waals surface area contributed by atoms with E-state index in [4.69, 9.17) is 33.8 Å². The predicted molar refractivity (Wildman–Crippen MR) is 50.8 cm³/mol. The first-order valence-corrected chi connectivity index (χ1v) is 3.94. The maximum absolute atomic E-state index is 5.80. The lowest BCUT2D eigenvalue weighted by Crippen LogP contribution is -2.07. The molecule has 1 aromatic rings. The van der Waals surface area contributed by atoms with Crippen molar-refractivity contribution in [3.05, 3.63) is 22.2 Å². The van der Waals surface area contributed by atoms with Gasteiger partial charge in [0.15, 0.2) is 0 Å². The number of methoxy groups -OCH3 is 1. The van der Waals surface area contributed by atoms with Crippen molar-refractivity contribution >= 4 is 28.9 Å². The fourth-order valence-electron chi connectivity index (χ4n) is 0.796. The fourth-order valence-corrected chi connectivity index (χ4v) is 1.24. The average Bonchev–Trinajstić information content (AvgIpc) is 2.08. The van der Waals surface area contributed by atoms with Crippen LogP contribution >= 0.6 is 23.2 Å². The van der Waals surface area contributed by atoms with E-state index in [1.165, 1.54) is 7.11 Å². The van der Waals surface area contributed by atoms with Gasteiger partial charge in [-0.05, 0) is 6.07 Å². The van der Waals surface area contributed by atoms with Gasteiger partial charge >= 0.3 is 0 Å². The molecule has 3 nitrogen and oxygen atoms in total. The average molecular weight is 207 g/mol. The van der Waals surface area contributed by atoms with Crippen molar-refractivity contribution in [3.63, 3.8) is 0 Å². The summed E-state index contributed by atoms with van der Waals surface area (Å²) in [4.78, 5) is 0. The first-order valence-electron chi connectivity index (χ1n) is 3.18. The summed E-state index contributed by atoms with van der Waals surface area (Å²) in [5.74, 6) is 5.71. The number of nitrogen functional groups attached to an aromatic ring is 1. The van der Waals surface area contributed by atoms with Crippen molar-refractivity contribution in [2.45, 2.75) is 0 Å². The van der Waals surface area contributed by atoms with Gasteiger partial charge in [-0.15, -0.1) is 0 Å². The van der Waals surface area contributed by atoms with Crippen LogP contribution < -0.4 is 16.0 Å². The van der Waals surface area contributed by atoms with E-state index in [0.29, 0.717) is 21.5 Å². The smallest absolute Gasteiger partial charge is 0.139 e. The lowest BCUT2D eigenvalue weighted by molar-refractivity contribution is 0.415. The molecule has 3 N–H and O–H groups in total. The van der Waals surface area contributed by atoms with E-state index in [1.807, 2.05) is 0 Å². The summed E-state index contributed by atoms with van der Waals surface area (Å²) in [5.41, 5.74) is 2.99. The predicted octanol–water partition coefficient (Wildman–Crippen LogP) is 2.29. The van der Waals surface area contributed by atoms with Crippen LogP contribution in [0.3, 0.4) is 0 Å². The Morgan fingerprint density at radius 2 is 2.00 bits per heavy atom. The molecule has 0 aliphatic heterocycles. The van der Waals surface area contributed by atoms with E-state index in [2.05, 4.69) is 5.43 Å². The molecule has 0 bridgehead atoms. The second kappa shape index (κ2) is 3.85. The van der Waals surface area contributed by atoms with Gasteiger partial charge in [-0.25, -0.2) is 0 Å². The van der Waals surface area contributed by atoms with Crippen molar-refractivity contribution < 1.29 is 4.74 Å². The van der Waals surface area contributed by atoms with Crippen molar-refractivity contribution in [2.24, 2.45) is 5.84 Å². The molecule has 0 radical (unpaired) electrons. The molecular weight excluding hydrogens is 199 g/mol. The van der Waals surface area contributed by atoms with Gasteiger partial charge in [0.25, 0.3) is 0 Å².